The lowest BCUT2D eigenvalue weighted by atomic mass is 9.67. The van der Waals surface area contributed by atoms with E-state index in [0.29, 0.717) is 17.7 Å². The number of nitrogens with one attached hydrogen (secondary N) is 2. The molecule has 2 heterocycles. The summed E-state index contributed by atoms with van der Waals surface area (Å²) in [5, 5.41) is 6.83. The minimum absolute atomic E-state index is 0.0926. The SMILES string of the molecule is CN(C)CCN1CCC(CNC(=O)[C@@]23CCCC[C@H]2CNC3)CC1. The van der Waals surface area contributed by atoms with Gasteiger partial charge in [0.15, 0.2) is 0 Å². The van der Waals surface area contributed by atoms with Crippen LogP contribution in [0.15, 0.2) is 0 Å². The Balaban J connectivity index is 1.41. The topological polar surface area (TPSA) is 47.6 Å². The number of nitrogens with zero attached hydrogens (tertiary/aromatic N) is 2. The maximum absolute atomic E-state index is 12.9. The molecule has 0 aromatic heterocycles. The fourth-order valence-electron chi connectivity index (χ4n) is 4.86. The maximum Gasteiger partial charge on any atom is 0.227 e. The molecule has 5 heteroatoms. The summed E-state index contributed by atoms with van der Waals surface area (Å²) in [5.41, 5.74) is -0.0926. The molecular weight excluding hydrogens is 300 g/mol. The summed E-state index contributed by atoms with van der Waals surface area (Å²) in [6.07, 6.45) is 7.28. The number of carbonyl (C=O) groups excluding carboxylic acids is 1. The molecule has 3 rings (SSSR count). The van der Waals surface area contributed by atoms with Crippen molar-refractivity contribution >= 4 is 5.91 Å². The summed E-state index contributed by atoms with van der Waals surface area (Å²) in [7, 11) is 4.27. The molecule has 3 fully saturated rings. The molecule has 2 atom stereocenters. The van der Waals surface area contributed by atoms with Crippen LogP contribution in [0.2, 0.25) is 0 Å². The Morgan fingerprint density at radius 3 is 2.79 bits per heavy atom. The third-order valence-corrected chi connectivity index (χ3v) is 6.61. The van der Waals surface area contributed by atoms with Gasteiger partial charge in [-0.3, -0.25) is 4.79 Å². The van der Waals surface area contributed by atoms with Crippen LogP contribution in [0.1, 0.15) is 38.5 Å². The Bertz CT molecular complexity index is 420. The fourth-order valence-corrected chi connectivity index (χ4v) is 4.86. The summed E-state index contributed by atoms with van der Waals surface area (Å²) in [6.45, 7) is 7.49. The van der Waals surface area contributed by atoms with Gasteiger partial charge in [0.25, 0.3) is 0 Å². The summed E-state index contributed by atoms with van der Waals surface area (Å²) in [4.78, 5) is 17.7. The number of fused-ring (bicyclic) bond motifs is 1. The number of hydrogen-bond donors (Lipinski definition) is 2. The summed E-state index contributed by atoms with van der Waals surface area (Å²) < 4.78 is 0. The molecule has 0 spiro atoms. The molecule has 2 saturated heterocycles. The van der Waals surface area contributed by atoms with E-state index in [1.807, 2.05) is 0 Å². The van der Waals surface area contributed by atoms with Gasteiger partial charge in [0.2, 0.25) is 5.91 Å². The minimum atomic E-state index is -0.0926. The predicted octanol–water partition coefficient (Wildman–Crippen LogP) is 1.16. The van der Waals surface area contributed by atoms with Crippen LogP contribution in [0.4, 0.5) is 0 Å². The van der Waals surface area contributed by atoms with Gasteiger partial charge in [-0.1, -0.05) is 12.8 Å². The van der Waals surface area contributed by atoms with Crippen LogP contribution in [-0.4, -0.2) is 75.6 Å². The van der Waals surface area contributed by atoms with E-state index in [-0.39, 0.29) is 5.41 Å². The lowest BCUT2D eigenvalue weighted by molar-refractivity contribution is -0.134. The first-order valence-corrected chi connectivity index (χ1v) is 9.96. The number of piperidine rings is 1. The predicted molar refractivity (Wildman–Crippen MR) is 98.0 cm³/mol. The molecule has 0 radical (unpaired) electrons. The van der Waals surface area contributed by atoms with Crippen LogP contribution in [0.25, 0.3) is 0 Å². The number of carbonyl (C=O) groups is 1. The van der Waals surface area contributed by atoms with Crippen molar-refractivity contribution in [3.8, 4) is 0 Å². The van der Waals surface area contributed by atoms with E-state index in [1.54, 1.807) is 0 Å². The highest BCUT2D eigenvalue weighted by Gasteiger charge is 2.49. The van der Waals surface area contributed by atoms with Crippen molar-refractivity contribution in [2.45, 2.75) is 38.5 Å². The van der Waals surface area contributed by atoms with Gasteiger partial charge < -0.3 is 20.4 Å². The first-order valence-electron chi connectivity index (χ1n) is 9.96. The summed E-state index contributed by atoms with van der Waals surface area (Å²) in [6, 6.07) is 0. The molecule has 1 aliphatic carbocycles. The molecule has 5 nitrogen and oxygen atoms in total. The fraction of sp³-hybridized carbons (Fsp3) is 0.947. The third-order valence-electron chi connectivity index (χ3n) is 6.61. The molecule has 138 valence electrons. The van der Waals surface area contributed by atoms with Crippen molar-refractivity contribution < 1.29 is 4.79 Å². The van der Waals surface area contributed by atoms with E-state index in [4.69, 9.17) is 0 Å². The summed E-state index contributed by atoms with van der Waals surface area (Å²) >= 11 is 0. The summed E-state index contributed by atoms with van der Waals surface area (Å²) in [5.74, 6) is 1.57. The lowest BCUT2D eigenvalue weighted by Crippen LogP contribution is -2.49. The molecule has 0 aromatic rings. The quantitative estimate of drug-likeness (QED) is 0.764. The van der Waals surface area contributed by atoms with Crippen LogP contribution in [0.3, 0.4) is 0 Å². The van der Waals surface area contributed by atoms with E-state index < -0.39 is 0 Å². The highest BCUT2D eigenvalue weighted by atomic mass is 16.2. The maximum atomic E-state index is 12.9. The zero-order valence-electron chi connectivity index (χ0n) is 15.6. The molecule has 1 saturated carbocycles. The van der Waals surface area contributed by atoms with Gasteiger partial charge in [0.1, 0.15) is 0 Å². The van der Waals surface area contributed by atoms with E-state index in [0.717, 1.165) is 32.6 Å². The smallest absolute Gasteiger partial charge is 0.227 e. The molecule has 1 amide bonds. The Morgan fingerprint density at radius 2 is 2.04 bits per heavy atom. The second-order valence-electron chi connectivity index (χ2n) is 8.53. The first kappa shape index (κ1) is 18.2. The van der Waals surface area contributed by atoms with Crippen LogP contribution < -0.4 is 10.6 Å². The van der Waals surface area contributed by atoms with Gasteiger partial charge in [-0.05, 0) is 71.2 Å². The number of likely N-dealkylation sites (tertiary alicyclic amines) is 1. The van der Waals surface area contributed by atoms with Crippen LogP contribution in [0.5, 0.6) is 0 Å². The van der Waals surface area contributed by atoms with Gasteiger partial charge in [0, 0.05) is 26.2 Å². The van der Waals surface area contributed by atoms with E-state index >= 15 is 0 Å². The zero-order valence-corrected chi connectivity index (χ0v) is 15.6. The van der Waals surface area contributed by atoms with Crippen molar-refractivity contribution in [2.75, 3.05) is 59.9 Å². The van der Waals surface area contributed by atoms with E-state index in [1.165, 1.54) is 51.7 Å². The average molecular weight is 337 g/mol. The van der Waals surface area contributed by atoms with E-state index in [9.17, 15) is 4.79 Å². The normalized spacial score (nSPS) is 32.0. The zero-order chi connectivity index (χ0) is 17.0. The Labute approximate surface area is 147 Å². The van der Waals surface area contributed by atoms with Crippen LogP contribution in [0, 0.1) is 17.3 Å². The van der Waals surface area contributed by atoms with Crippen molar-refractivity contribution in [1.82, 2.24) is 20.4 Å². The van der Waals surface area contributed by atoms with Gasteiger partial charge in [0.05, 0.1) is 5.41 Å². The van der Waals surface area contributed by atoms with Crippen LogP contribution >= 0.6 is 0 Å². The molecule has 0 unspecified atom stereocenters. The number of rotatable bonds is 6. The van der Waals surface area contributed by atoms with Crippen molar-refractivity contribution in [2.24, 2.45) is 17.3 Å². The molecule has 24 heavy (non-hydrogen) atoms. The number of amides is 1. The standard InChI is InChI=1S/C19H36N4O/c1-22(2)11-12-23-9-6-16(7-10-23)13-21-18(24)19-8-4-3-5-17(19)14-20-15-19/h16-17,20H,3-15H2,1-2H3,(H,21,24)/t17-,19+/m0/s1. The van der Waals surface area contributed by atoms with Gasteiger partial charge in [-0.25, -0.2) is 0 Å². The molecular formula is C19H36N4O. The average Bonchev–Trinajstić information content (AvgIpc) is 3.04. The van der Waals surface area contributed by atoms with Crippen molar-refractivity contribution in [3.05, 3.63) is 0 Å². The monoisotopic (exact) mass is 336 g/mol. The third kappa shape index (κ3) is 4.12. The Hall–Kier alpha value is -0.650. The highest BCUT2D eigenvalue weighted by molar-refractivity contribution is 5.83. The van der Waals surface area contributed by atoms with Gasteiger partial charge in [-0.2, -0.15) is 0 Å². The first-order chi connectivity index (χ1) is 11.6. The second kappa shape index (κ2) is 8.15. The second-order valence-corrected chi connectivity index (χ2v) is 8.53. The Kier molecular flexibility index (Phi) is 6.17. The van der Waals surface area contributed by atoms with Gasteiger partial charge >= 0.3 is 0 Å². The van der Waals surface area contributed by atoms with Crippen LogP contribution in [-0.2, 0) is 4.79 Å². The Morgan fingerprint density at radius 1 is 1.25 bits per heavy atom. The molecule has 0 bridgehead atoms. The van der Waals surface area contributed by atoms with Crippen molar-refractivity contribution in [3.63, 3.8) is 0 Å². The van der Waals surface area contributed by atoms with E-state index in [2.05, 4.69) is 34.5 Å². The largest absolute Gasteiger partial charge is 0.355 e. The number of likely N-dealkylation sites (N-methyl/N-ethyl adjacent to an activating group) is 1. The molecule has 2 N–H and O–H groups in total. The lowest BCUT2D eigenvalue weighted by Gasteiger charge is -2.38. The molecule has 3 aliphatic rings. The number of hydrogen-bond acceptors (Lipinski definition) is 4. The minimum Gasteiger partial charge on any atom is -0.355 e. The molecule has 2 aliphatic heterocycles. The molecule has 0 aromatic carbocycles. The van der Waals surface area contributed by atoms with Gasteiger partial charge in [-0.15, -0.1) is 0 Å². The highest BCUT2D eigenvalue weighted by Crippen LogP contribution is 2.43. The van der Waals surface area contributed by atoms with Crippen molar-refractivity contribution in [1.29, 1.82) is 0 Å².